The van der Waals surface area contributed by atoms with E-state index >= 15 is 0 Å². The standard InChI is InChI=1S/C12H22N2O.ClH/c1-4-6-11(7-5-2)12(15)14-9-10(3)8-13;/h4-5,10-11H,1-2,6-9,13H2,3H3,(H,14,15);1H. The molecule has 0 aliphatic heterocycles. The second-order valence-electron chi connectivity index (χ2n) is 3.83. The van der Waals surface area contributed by atoms with Crippen molar-refractivity contribution in [1.29, 1.82) is 0 Å². The summed E-state index contributed by atoms with van der Waals surface area (Å²) in [7, 11) is 0. The number of hydrogen-bond donors (Lipinski definition) is 2. The van der Waals surface area contributed by atoms with Crippen molar-refractivity contribution in [1.82, 2.24) is 5.32 Å². The number of nitrogens with one attached hydrogen (secondary N) is 1. The summed E-state index contributed by atoms with van der Waals surface area (Å²) in [4.78, 5) is 11.7. The van der Waals surface area contributed by atoms with Crippen LogP contribution in [0.15, 0.2) is 25.3 Å². The highest BCUT2D eigenvalue weighted by atomic mass is 35.5. The van der Waals surface area contributed by atoms with E-state index in [1.54, 1.807) is 12.2 Å². The number of amides is 1. The van der Waals surface area contributed by atoms with Crippen LogP contribution in [0.4, 0.5) is 0 Å². The van der Waals surface area contributed by atoms with Gasteiger partial charge in [0.15, 0.2) is 0 Å². The molecule has 3 nitrogen and oxygen atoms in total. The number of allylic oxidation sites excluding steroid dienone is 2. The molecule has 0 heterocycles. The first-order valence-electron chi connectivity index (χ1n) is 5.35. The Kier molecular flexibility index (Phi) is 11.8. The zero-order valence-corrected chi connectivity index (χ0v) is 10.8. The fraction of sp³-hybridized carbons (Fsp3) is 0.583. The summed E-state index contributed by atoms with van der Waals surface area (Å²) in [6.45, 7) is 10.5. The topological polar surface area (TPSA) is 55.1 Å². The van der Waals surface area contributed by atoms with Crippen LogP contribution >= 0.6 is 12.4 Å². The number of halogens is 1. The zero-order valence-electron chi connectivity index (χ0n) is 9.95. The van der Waals surface area contributed by atoms with Crippen molar-refractivity contribution in [2.45, 2.75) is 19.8 Å². The Bertz CT molecular complexity index is 209. The molecule has 3 N–H and O–H groups in total. The van der Waals surface area contributed by atoms with Gasteiger partial charge in [-0.1, -0.05) is 19.1 Å². The van der Waals surface area contributed by atoms with E-state index in [0.717, 1.165) is 0 Å². The van der Waals surface area contributed by atoms with E-state index in [9.17, 15) is 4.79 Å². The molecule has 0 spiro atoms. The Hall–Kier alpha value is -0.800. The lowest BCUT2D eigenvalue weighted by atomic mass is 10.00. The summed E-state index contributed by atoms with van der Waals surface area (Å²) in [6, 6.07) is 0. The molecular weight excluding hydrogens is 224 g/mol. The number of rotatable bonds is 8. The smallest absolute Gasteiger partial charge is 0.223 e. The van der Waals surface area contributed by atoms with Gasteiger partial charge in [0, 0.05) is 12.5 Å². The van der Waals surface area contributed by atoms with Gasteiger partial charge >= 0.3 is 0 Å². The molecule has 0 aromatic carbocycles. The molecule has 0 saturated heterocycles. The summed E-state index contributed by atoms with van der Waals surface area (Å²) in [5, 5.41) is 2.89. The molecule has 0 aliphatic carbocycles. The summed E-state index contributed by atoms with van der Waals surface area (Å²) in [5.41, 5.74) is 5.47. The van der Waals surface area contributed by atoms with Crippen LogP contribution in [0.5, 0.6) is 0 Å². The van der Waals surface area contributed by atoms with Gasteiger partial charge in [-0.15, -0.1) is 25.6 Å². The quantitative estimate of drug-likeness (QED) is 0.643. The molecule has 94 valence electrons. The maximum atomic E-state index is 11.7. The maximum Gasteiger partial charge on any atom is 0.223 e. The summed E-state index contributed by atoms with van der Waals surface area (Å²) >= 11 is 0. The van der Waals surface area contributed by atoms with E-state index < -0.39 is 0 Å². The molecular formula is C12H23ClN2O. The van der Waals surface area contributed by atoms with Crippen molar-refractivity contribution in [2.75, 3.05) is 13.1 Å². The first kappa shape index (κ1) is 17.6. The lowest BCUT2D eigenvalue weighted by molar-refractivity contribution is -0.124. The Morgan fingerprint density at radius 3 is 2.25 bits per heavy atom. The number of carbonyl (C=O) groups excluding carboxylic acids is 1. The third kappa shape index (κ3) is 7.49. The lowest BCUT2D eigenvalue weighted by Gasteiger charge is -2.15. The van der Waals surface area contributed by atoms with Crippen molar-refractivity contribution >= 4 is 18.3 Å². The van der Waals surface area contributed by atoms with E-state index in [4.69, 9.17) is 5.73 Å². The number of carbonyl (C=O) groups is 1. The van der Waals surface area contributed by atoms with Crippen LogP contribution in [0.1, 0.15) is 19.8 Å². The second-order valence-corrected chi connectivity index (χ2v) is 3.83. The Morgan fingerprint density at radius 2 is 1.88 bits per heavy atom. The zero-order chi connectivity index (χ0) is 11.7. The molecule has 1 amide bonds. The molecule has 0 aromatic heterocycles. The van der Waals surface area contributed by atoms with Crippen molar-refractivity contribution in [3.05, 3.63) is 25.3 Å². The van der Waals surface area contributed by atoms with E-state index in [1.165, 1.54) is 0 Å². The van der Waals surface area contributed by atoms with E-state index in [1.807, 2.05) is 6.92 Å². The number of nitrogens with two attached hydrogens (primary N) is 1. The van der Waals surface area contributed by atoms with Gasteiger partial charge in [0.25, 0.3) is 0 Å². The van der Waals surface area contributed by atoms with E-state index in [2.05, 4.69) is 18.5 Å². The third-order valence-electron chi connectivity index (χ3n) is 2.30. The van der Waals surface area contributed by atoms with Crippen LogP contribution in [0, 0.1) is 11.8 Å². The normalized spacial score (nSPS) is 11.4. The highest BCUT2D eigenvalue weighted by Gasteiger charge is 2.15. The molecule has 0 aliphatic rings. The molecule has 4 heteroatoms. The van der Waals surface area contributed by atoms with Crippen LogP contribution in [-0.2, 0) is 4.79 Å². The van der Waals surface area contributed by atoms with Crippen LogP contribution in [-0.4, -0.2) is 19.0 Å². The van der Waals surface area contributed by atoms with Crippen LogP contribution in [0.3, 0.4) is 0 Å². The Labute approximate surface area is 105 Å². The molecule has 0 saturated carbocycles. The summed E-state index contributed by atoms with van der Waals surface area (Å²) in [6.07, 6.45) is 4.91. The molecule has 0 aromatic rings. The summed E-state index contributed by atoms with van der Waals surface area (Å²) in [5.74, 6) is 0.349. The second kappa shape index (κ2) is 10.7. The fourth-order valence-corrected chi connectivity index (χ4v) is 1.22. The van der Waals surface area contributed by atoms with Gasteiger partial charge in [0.2, 0.25) is 5.91 Å². The highest BCUT2D eigenvalue weighted by Crippen LogP contribution is 2.09. The average Bonchev–Trinajstić information content (AvgIpc) is 2.25. The van der Waals surface area contributed by atoms with Gasteiger partial charge < -0.3 is 11.1 Å². The lowest BCUT2D eigenvalue weighted by Crippen LogP contribution is -2.35. The molecule has 0 radical (unpaired) electrons. The minimum Gasteiger partial charge on any atom is -0.356 e. The largest absolute Gasteiger partial charge is 0.356 e. The van der Waals surface area contributed by atoms with E-state index in [-0.39, 0.29) is 24.2 Å². The predicted octanol–water partition coefficient (Wildman–Crippen LogP) is 1.89. The molecule has 0 bridgehead atoms. The molecule has 0 rings (SSSR count). The van der Waals surface area contributed by atoms with E-state index in [0.29, 0.717) is 31.8 Å². The molecule has 16 heavy (non-hydrogen) atoms. The SMILES string of the molecule is C=CCC(CC=C)C(=O)NCC(C)CN.Cl. The molecule has 1 atom stereocenters. The maximum absolute atomic E-state index is 11.7. The summed E-state index contributed by atoms with van der Waals surface area (Å²) < 4.78 is 0. The van der Waals surface area contributed by atoms with Gasteiger partial charge in [-0.2, -0.15) is 0 Å². The van der Waals surface area contributed by atoms with Gasteiger partial charge in [-0.25, -0.2) is 0 Å². The van der Waals surface area contributed by atoms with Crippen molar-refractivity contribution in [3.8, 4) is 0 Å². The Morgan fingerprint density at radius 1 is 1.38 bits per heavy atom. The fourth-order valence-electron chi connectivity index (χ4n) is 1.22. The minimum atomic E-state index is -0.0371. The molecule has 0 fully saturated rings. The predicted molar refractivity (Wildman–Crippen MR) is 71.6 cm³/mol. The van der Waals surface area contributed by atoms with Crippen molar-refractivity contribution < 1.29 is 4.79 Å². The monoisotopic (exact) mass is 246 g/mol. The van der Waals surface area contributed by atoms with Crippen LogP contribution in [0.2, 0.25) is 0 Å². The molecule has 1 unspecified atom stereocenters. The van der Waals surface area contributed by atoms with Crippen LogP contribution in [0.25, 0.3) is 0 Å². The first-order chi connectivity index (χ1) is 7.15. The van der Waals surface area contributed by atoms with Gasteiger partial charge in [-0.3, -0.25) is 4.79 Å². The van der Waals surface area contributed by atoms with Gasteiger partial charge in [0.1, 0.15) is 0 Å². The Balaban J connectivity index is 0. The minimum absolute atomic E-state index is 0. The van der Waals surface area contributed by atoms with Crippen LogP contribution < -0.4 is 11.1 Å². The highest BCUT2D eigenvalue weighted by molar-refractivity contribution is 5.85. The average molecular weight is 247 g/mol. The first-order valence-corrected chi connectivity index (χ1v) is 5.35. The van der Waals surface area contributed by atoms with Crippen molar-refractivity contribution in [3.63, 3.8) is 0 Å². The number of hydrogen-bond acceptors (Lipinski definition) is 2. The van der Waals surface area contributed by atoms with Gasteiger partial charge in [0.05, 0.1) is 0 Å². The van der Waals surface area contributed by atoms with Gasteiger partial charge in [-0.05, 0) is 25.3 Å². The van der Waals surface area contributed by atoms with Crippen molar-refractivity contribution in [2.24, 2.45) is 17.6 Å². The third-order valence-corrected chi connectivity index (χ3v) is 2.30.